The van der Waals surface area contributed by atoms with Crippen LogP contribution in [0.5, 0.6) is 0 Å². The zero-order valence-electron chi connectivity index (χ0n) is 35.8. The van der Waals surface area contributed by atoms with E-state index >= 15 is 0 Å². The second-order valence-electron chi connectivity index (χ2n) is 18.7. The standard InChI is InChI=1S/C61H47NS/c1-60(2)52-24-10-8-21-47(52)50-23-14-22-49(58(50)60)45-19-7-6-17-43(45)40-28-31-41(32-29-40)62(55-26-15-27-56-57(55)51-34-30-39-16-4-5-18-44(39)59(51)63-56)42-33-35-48-46-20-9-11-25-53(46)61(54(48)38-42)36-12-3-13-37-61/h4-11,14-35,38H,3,12-13,36-37H2,1-2H3. The van der Waals surface area contributed by atoms with E-state index in [1.165, 1.54) is 141 Å². The highest BCUT2D eigenvalue weighted by Crippen LogP contribution is 2.58. The second kappa shape index (κ2) is 13.9. The molecular weight excluding hydrogens is 779 g/mol. The molecule has 1 nitrogen and oxygen atoms in total. The minimum atomic E-state index is -0.105. The Hall–Kier alpha value is -6.74. The average molecular weight is 826 g/mol. The molecule has 1 aromatic heterocycles. The molecule has 1 fully saturated rings. The molecule has 63 heavy (non-hydrogen) atoms. The number of fused-ring (bicyclic) bond motifs is 13. The fourth-order valence-corrected chi connectivity index (χ4v) is 13.5. The predicted octanol–water partition coefficient (Wildman–Crippen LogP) is 17.5. The number of thiophene rings is 1. The van der Waals surface area contributed by atoms with Crippen LogP contribution in [0.1, 0.15) is 68.2 Å². The van der Waals surface area contributed by atoms with Crippen LogP contribution in [0.4, 0.5) is 17.1 Å². The van der Waals surface area contributed by atoms with Crippen molar-refractivity contribution in [1.82, 2.24) is 0 Å². The van der Waals surface area contributed by atoms with E-state index in [-0.39, 0.29) is 10.8 Å². The van der Waals surface area contributed by atoms with E-state index in [1.807, 2.05) is 11.3 Å². The van der Waals surface area contributed by atoms with Gasteiger partial charge >= 0.3 is 0 Å². The first-order chi connectivity index (χ1) is 31.0. The molecule has 1 spiro atoms. The van der Waals surface area contributed by atoms with Crippen molar-refractivity contribution in [2.75, 3.05) is 4.90 Å². The van der Waals surface area contributed by atoms with Gasteiger partial charge in [0.05, 0.1) is 5.69 Å². The van der Waals surface area contributed by atoms with Crippen molar-refractivity contribution in [2.24, 2.45) is 0 Å². The van der Waals surface area contributed by atoms with Crippen molar-refractivity contribution >= 4 is 59.3 Å². The molecule has 0 N–H and O–H groups in total. The molecule has 0 radical (unpaired) electrons. The molecule has 1 saturated carbocycles. The summed E-state index contributed by atoms with van der Waals surface area (Å²) < 4.78 is 2.67. The first kappa shape index (κ1) is 36.9. The molecule has 1 heterocycles. The second-order valence-corrected chi connectivity index (χ2v) is 19.7. The maximum absolute atomic E-state index is 2.57. The van der Waals surface area contributed by atoms with Crippen molar-refractivity contribution in [3.63, 3.8) is 0 Å². The lowest BCUT2D eigenvalue weighted by molar-refractivity contribution is 0.353. The summed E-state index contributed by atoms with van der Waals surface area (Å²) in [6.07, 6.45) is 6.28. The largest absolute Gasteiger partial charge is 0.310 e. The van der Waals surface area contributed by atoms with Crippen LogP contribution in [0, 0.1) is 0 Å². The zero-order chi connectivity index (χ0) is 41.9. The first-order valence-electron chi connectivity index (χ1n) is 22.8. The Kier molecular flexibility index (Phi) is 8.12. The summed E-state index contributed by atoms with van der Waals surface area (Å²) >= 11 is 1.92. The van der Waals surface area contributed by atoms with Crippen LogP contribution < -0.4 is 4.90 Å². The van der Waals surface area contributed by atoms with Crippen molar-refractivity contribution in [1.29, 1.82) is 0 Å². The molecule has 3 aliphatic rings. The lowest BCUT2D eigenvalue weighted by Gasteiger charge is -2.36. The summed E-state index contributed by atoms with van der Waals surface area (Å²) in [6, 6.07) is 71.4. The van der Waals surface area contributed by atoms with Crippen LogP contribution in [0.25, 0.3) is 75.5 Å². The maximum atomic E-state index is 2.57. The molecule has 0 unspecified atom stereocenters. The van der Waals surface area contributed by atoms with Crippen LogP contribution in [0.3, 0.4) is 0 Å². The fourth-order valence-electron chi connectivity index (χ4n) is 12.3. The van der Waals surface area contributed by atoms with Crippen LogP contribution in [-0.4, -0.2) is 0 Å². The lowest BCUT2D eigenvalue weighted by Crippen LogP contribution is -2.28. The molecule has 13 rings (SSSR count). The molecule has 0 atom stereocenters. The smallest absolute Gasteiger partial charge is 0.0554 e. The summed E-state index contributed by atoms with van der Waals surface area (Å²) in [5.41, 5.74) is 20.0. The number of anilines is 3. The van der Waals surface area contributed by atoms with E-state index in [9.17, 15) is 0 Å². The molecule has 0 amide bonds. The molecule has 2 heteroatoms. The van der Waals surface area contributed by atoms with Crippen LogP contribution in [0.15, 0.2) is 188 Å². The van der Waals surface area contributed by atoms with E-state index in [4.69, 9.17) is 0 Å². The van der Waals surface area contributed by atoms with Gasteiger partial charge in [-0.05, 0) is 127 Å². The number of benzene rings is 9. The van der Waals surface area contributed by atoms with Gasteiger partial charge in [-0.3, -0.25) is 0 Å². The van der Waals surface area contributed by atoms with E-state index < -0.39 is 0 Å². The van der Waals surface area contributed by atoms with Crippen LogP contribution in [-0.2, 0) is 10.8 Å². The first-order valence-corrected chi connectivity index (χ1v) is 23.6. The minimum absolute atomic E-state index is 0.0625. The Morgan fingerprint density at radius 2 is 1.06 bits per heavy atom. The van der Waals surface area contributed by atoms with Crippen LogP contribution in [0.2, 0.25) is 0 Å². The van der Waals surface area contributed by atoms with Crippen LogP contribution >= 0.6 is 11.3 Å². The molecule has 0 bridgehead atoms. The highest BCUT2D eigenvalue weighted by atomic mass is 32.1. The SMILES string of the molecule is CC1(C)c2ccccc2-c2cccc(-c3ccccc3-c3ccc(N(c4ccc5c(c4)C4(CCCCC4)c4ccccc4-5)c4cccc5sc6c7ccccc7ccc6c45)cc3)c21. The number of hydrogen-bond donors (Lipinski definition) is 0. The molecular formula is C61H47NS. The van der Waals surface area contributed by atoms with Crippen molar-refractivity contribution < 1.29 is 0 Å². The average Bonchev–Trinajstić information content (AvgIpc) is 3.94. The minimum Gasteiger partial charge on any atom is -0.310 e. The van der Waals surface area contributed by atoms with Crippen molar-refractivity contribution in [3.05, 3.63) is 210 Å². The Balaban J connectivity index is 0.993. The Morgan fingerprint density at radius 3 is 1.87 bits per heavy atom. The fraction of sp³-hybridized carbons (Fsp3) is 0.148. The third-order valence-corrected chi connectivity index (χ3v) is 16.3. The van der Waals surface area contributed by atoms with Gasteiger partial charge in [0.1, 0.15) is 0 Å². The third-order valence-electron chi connectivity index (χ3n) is 15.1. The van der Waals surface area contributed by atoms with E-state index in [0.717, 1.165) is 5.69 Å². The summed E-state index contributed by atoms with van der Waals surface area (Å²) in [7, 11) is 0. The highest BCUT2D eigenvalue weighted by molar-refractivity contribution is 7.26. The molecule has 0 saturated heterocycles. The monoisotopic (exact) mass is 825 g/mol. The highest BCUT2D eigenvalue weighted by Gasteiger charge is 2.44. The van der Waals surface area contributed by atoms with Gasteiger partial charge in [-0.25, -0.2) is 0 Å². The van der Waals surface area contributed by atoms with E-state index in [1.54, 1.807) is 0 Å². The van der Waals surface area contributed by atoms with Gasteiger partial charge in [-0.15, -0.1) is 11.3 Å². The van der Waals surface area contributed by atoms with Gasteiger partial charge in [0.25, 0.3) is 0 Å². The van der Waals surface area contributed by atoms with E-state index in [0.29, 0.717) is 0 Å². The topological polar surface area (TPSA) is 3.24 Å². The molecule has 3 aliphatic carbocycles. The third kappa shape index (κ3) is 5.34. The quantitative estimate of drug-likeness (QED) is 0.167. The van der Waals surface area contributed by atoms with Gasteiger partial charge in [0.15, 0.2) is 0 Å². The Labute approximate surface area is 373 Å². The zero-order valence-corrected chi connectivity index (χ0v) is 36.6. The normalized spacial score (nSPS) is 15.4. The lowest BCUT2D eigenvalue weighted by atomic mass is 9.68. The molecule has 10 aromatic rings. The Morgan fingerprint density at radius 1 is 0.444 bits per heavy atom. The van der Waals surface area contributed by atoms with Gasteiger partial charge in [0, 0.05) is 42.4 Å². The molecule has 302 valence electrons. The van der Waals surface area contributed by atoms with E-state index in [2.05, 4.69) is 207 Å². The number of rotatable bonds is 5. The number of hydrogen-bond acceptors (Lipinski definition) is 2. The Bertz CT molecular complexity index is 3470. The van der Waals surface area contributed by atoms with Crippen molar-refractivity contribution in [3.8, 4) is 44.5 Å². The van der Waals surface area contributed by atoms with Gasteiger partial charge in [-0.2, -0.15) is 0 Å². The van der Waals surface area contributed by atoms with Crippen molar-refractivity contribution in [2.45, 2.75) is 56.8 Å². The summed E-state index contributed by atoms with van der Waals surface area (Å²) in [5, 5.41) is 5.24. The summed E-state index contributed by atoms with van der Waals surface area (Å²) in [5.74, 6) is 0. The van der Waals surface area contributed by atoms with Gasteiger partial charge in [-0.1, -0.05) is 185 Å². The maximum Gasteiger partial charge on any atom is 0.0554 e. The predicted molar refractivity (Wildman–Crippen MR) is 269 cm³/mol. The molecule has 0 aliphatic heterocycles. The summed E-state index contributed by atoms with van der Waals surface area (Å²) in [4.78, 5) is 2.56. The summed E-state index contributed by atoms with van der Waals surface area (Å²) in [6.45, 7) is 4.78. The van der Waals surface area contributed by atoms with Gasteiger partial charge in [0.2, 0.25) is 0 Å². The molecule has 9 aromatic carbocycles. The van der Waals surface area contributed by atoms with Gasteiger partial charge < -0.3 is 4.90 Å². The number of nitrogens with zero attached hydrogens (tertiary/aromatic N) is 1.